The summed E-state index contributed by atoms with van der Waals surface area (Å²) in [7, 11) is 0. The molecule has 0 aromatic heterocycles. The maximum atomic E-state index is 3.44. The number of hydrogen-bond donors (Lipinski definition) is 0. The van der Waals surface area contributed by atoms with Crippen LogP contribution in [-0.4, -0.2) is 0 Å². The van der Waals surface area contributed by atoms with Crippen LogP contribution in [0.4, 0.5) is 0 Å². The lowest BCUT2D eigenvalue weighted by Crippen LogP contribution is -1.80. The van der Waals surface area contributed by atoms with E-state index in [0.717, 1.165) is 16.5 Å². The van der Waals surface area contributed by atoms with Crippen LogP contribution in [0.5, 0.6) is 0 Å². The van der Waals surface area contributed by atoms with E-state index in [1.807, 2.05) is 42.5 Å². The van der Waals surface area contributed by atoms with E-state index in [9.17, 15) is 0 Å². The van der Waals surface area contributed by atoms with Gasteiger partial charge in [0.05, 0.1) is 0 Å². The van der Waals surface area contributed by atoms with Gasteiger partial charge in [-0.3, -0.25) is 0 Å². The summed E-state index contributed by atoms with van der Waals surface area (Å²) in [5.74, 6) is 6.31. The van der Waals surface area contributed by atoms with Crippen molar-refractivity contribution in [2.75, 3.05) is 0 Å². The van der Waals surface area contributed by atoms with Gasteiger partial charge in [-0.25, -0.2) is 0 Å². The monoisotopic (exact) mass is 270 g/mol. The van der Waals surface area contributed by atoms with Crippen LogP contribution in [0.25, 0.3) is 0 Å². The van der Waals surface area contributed by atoms with Crippen molar-refractivity contribution < 1.29 is 0 Å². The minimum Gasteiger partial charge on any atom is -0.0876 e. The van der Waals surface area contributed by atoms with Crippen molar-refractivity contribution >= 4 is 15.9 Å². The summed E-state index contributed by atoms with van der Waals surface area (Å²) in [5, 5.41) is 0.869. The highest BCUT2D eigenvalue weighted by atomic mass is 79.9. The second-order valence-electron chi connectivity index (χ2n) is 3.45. The van der Waals surface area contributed by atoms with Gasteiger partial charge in [0, 0.05) is 16.5 Å². The number of benzene rings is 2. The van der Waals surface area contributed by atoms with Gasteiger partial charge < -0.3 is 0 Å². The van der Waals surface area contributed by atoms with Crippen molar-refractivity contribution in [2.45, 2.75) is 5.33 Å². The summed E-state index contributed by atoms with van der Waals surface area (Å²) >= 11 is 3.44. The average Bonchev–Trinajstić information content (AvgIpc) is 2.38. The summed E-state index contributed by atoms with van der Waals surface area (Å²) in [6, 6.07) is 18.3. The molecular formula is C15H11Br. The van der Waals surface area contributed by atoms with E-state index in [1.54, 1.807) is 0 Å². The van der Waals surface area contributed by atoms with Gasteiger partial charge in [-0.1, -0.05) is 58.1 Å². The van der Waals surface area contributed by atoms with Crippen LogP contribution in [0.15, 0.2) is 54.6 Å². The Morgan fingerprint density at radius 2 is 1.50 bits per heavy atom. The Kier molecular flexibility index (Phi) is 3.80. The second kappa shape index (κ2) is 5.53. The standard InChI is InChI=1S/C15H11Br/c16-12-15-8-4-7-14(11-15)10-9-13-5-2-1-3-6-13/h1-8,11H,12H2. The molecule has 0 radical (unpaired) electrons. The maximum absolute atomic E-state index is 3.44. The van der Waals surface area contributed by atoms with Gasteiger partial charge in [0.2, 0.25) is 0 Å². The van der Waals surface area contributed by atoms with Crippen LogP contribution in [0, 0.1) is 11.8 Å². The zero-order chi connectivity index (χ0) is 11.2. The molecule has 0 heterocycles. The van der Waals surface area contributed by atoms with Gasteiger partial charge in [-0.15, -0.1) is 0 Å². The average molecular weight is 271 g/mol. The molecule has 0 aliphatic carbocycles. The summed E-state index contributed by atoms with van der Waals surface area (Å²) in [4.78, 5) is 0. The molecule has 0 spiro atoms. The molecule has 16 heavy (non-hydrogen) atoms. The number of halogens is 1. The predicted molar refractivity (Wildman–Crippen MR) is 71.5 cm³/mol. The van der Waals surface area contributed by atoms with Gasteiger partial charge in [0.15, 0.2) is 0 Å². The Balaban J connectivity index is 2.24. The third kappa shape index (κ3) is 2.98. The van der Waals surface area contributed by atoms with Crippen LogP contribution in [0.1, 0.15) is 16.7 Å². The second-order valence-corrected chi connectivity index (χ2v) is 4.01. The van der Waals surface area contributed by atoms with E-state index in [1.165, 1.54) is 5.56 Å². The Bertz CT molecular complexity index is 518. The van der Waals surface area contributed by atoms with Crippen LogP contribution in [0.3, 0.4) is 0 Å². The van der Waals surface area contributed by atoms with Crippen molar-refractivity contribution in [1.82, 2.24) is 0 Å². The zero-order valence-electron chi connectivity index (χ0n) is 8.78. The van der Waals surface area contributed by atoms with Gasteiger partial charge in [0.1, 0.15) is 0 Å². The van der Waals surface area contributed by atoms with Crippen LogP contribution in [-0.2, 0) is 5.33 Å². The molecule has 2 rings (SSSR count). The van der Waals surface area contributed by atoms with E-state index < -0.39 is 0 Å². The highest BCUT2D eigenvalue weighted by molar-refractivity contribution is 9.08. The van der Waals surface area contributed by atoms with Gasteiger partial charge in [0.25, 0.3) is 0 Å². The maximum Gasteiger partial charge on any atom is 0.0283 e. The van der Waals surface area contributed by atoms with Crippen molar-refractivity contribution in [3.63, 3.8) is 0 Å². The number of hydrogen-bond acceptors (Lipinski definition) is 0. The van der Waals surface area contributed by atoms with E-state index in [2.05, 4.69) is 39.9 Å². The molecule has 0 bridgehead atoms. The van der Waals surface area contributed by atoms with Crippen LogP contribution in [0.2, 0.25) is 0 Å². The molecule has 0 saturated heterocycles. The first-order valence-electron chi connectivity index (χ1n) is 5.10. The highest BCUT2D eigenvalue weighted by Crippen LogP contribution is 2.08. The lowest BCUT2D eigenvalue weighted by molar-refractivity contribution is 1.42. The molecule has 1 heteroatoms. The third-order valence-electron chi connectivity index (χ3n) is 2.21. The predicted octanol–water partition coefficient (Wildman–Crippen LogP) is 3.98. The Hall–Kier alpha value is -1.52. The lowest BCUT2D eigenvalue weighted by Gasteiger charge is -1.95. The Morgan fingerprint density at radius 1 is 0.812 bits per heavy atom. The summed E-state index contributed by atoms with van der Waals surface area (Å²) in [6.07, 6.45) is 0. The molecule has 0 atom stereocenters. The summed E-state index contributed by atoms with van der Waals surface area (Å²) < 4.78 is 0. The van der Waals surface area contributed by atoms with E-state index in [0.29, 0.717) is 0 Å². The summed E-state index contributed by atoms with van der Waals surface area (Å²) in [6.45, 7) is 0. The van der Waals surface area contributed by atoms with E-state index in [4.69, 9.17) is 0 Å². The summed E-state index contributed by atoms with van der Waals surface area (Å²) in [5.41, 5.74) is 3.35. The van der Waals surface area contributed by atoms with Crippen LogP contribution >= 0.6 is 15.9 Å². The van der Waals surface area contributed by atoms with Crippen molar-refractivity contribution in [3.05, 3.63) is 71.3 Å². The molecule has 0 nitrogen and oxygen atoms in total. The Morgan fingerprint density at radius 3 is 2.25 bits per heavy atom. The highest BCUT2D eigenvalue weighted by Gasteiger charge is 1.90. The number of rotatable bonds is 1. The third-order valence-corrected chi connectivity index (χ3v) is 2.85. The first kappa shape index (κ1) is 11.0. The van der Waals surface area contributed by atoms with E-state index >= 15 is 0 Å². The molecule has 0 saturated carbocycles. The molecule has 78 valence electrons. The van der Waals surface area contributed by atoms with Gasteiger partial charge >= 0.3 is 0 Å². The normalized spacial score (nSPS) is 9.31. The molecule has 0 N–H and O–H groups in total. The van der Waals surface area contributed by atoms with Gasteiger partial charge in [-0.05, 0) is 29.8 Å². The molecule has 0 fully saturated rings. The first-order chi connectivity index (χ1) is 7.88. The fourth-order valence-corrected chi connectivity index (χ4v) is 1.75. The topological polar surface area (TPSA) is 0 Å². The molecular weight excluding hydrogens is 260 g/mol. The van der Waals surface area contributed by atoms with Gasteiger partial charge in [-0.2, -0.15) is 0 Å². The van der Waals surface area contributed by atoms with Crippen molar-refractivity contribution in [2.24, 2.45) is 0 Å². The zero-order valence-corrected chi connectivity index (χ0v) is 10.4. The van der Waals surface area contributed by atoms with Crippen molar-refractivity contribution in [3.8, 4) is 11.8 Å². The quantitative estimate of drug-likeness (QED) is 0.543. The fraction of sp³-hybridized carbons (Fsp3) is 0.0667. The molecule has 0 unspecified atom stereocenters. The number of alkyl halides is 1. The molecule has 0 amide bonds. The smallest absolute Gasteiger partial charge is 0.0283 e. The minimum atomic E-state index is 0.869. The first-order valence-corrected chi connectivity index (χ1v) is 6.22. The largest absolute Gasteiger partial charge is 0.0876 e. The molecule has 2 aromatic carbocycles. The minimum absolute atomic E-state index is 0.869. The SMILES string of the molecule is BrCc1cccc(C#Cc2ccccc2)c1. The molecule has 0 aliphatic heterocycles. The molecule has 2 aromatic rings. The molecule has 0 aliphatic rings. The van der Waals surface area contributed by atoms with Crippen molar-refractivity contribution in [1.29, 1.82) is 0 Å². The fourth-order valence-electron chi connectivity index (χ4n) is 1.40. The van der Waals surface area contributed by atoms with E-state index in [-0.39, 0.29) is 0 Å². The Labute approximate surface area is 104 Å². The lowest BCUT2D eigenvalue weighted by atomic mass is 10.1. The van der Waals surface area contributed by atoms with Crippen LogP contribution < -0.4 is 0 Å².